The smallest absolute Gasteiger partial charge is 0.0913 e. The first kappa shape index (κ1) is 13.3. The highest BCUT2D eigenvalue weighted by atomic mass is 32.1. The second-order valence-corrected chi connectivity index (χ2v) is 7.48. The fourth-order valence-electron chi connectivity index (χ4n) is 3.38. The average molecular weight is 299 g/mol. The van der Waals surface area contributed by atoms with Crippen LogP contribution in [-0.2, 0) is 25.0 Å². The molecule has 0 atom stereocenters. The number of hydrogen-bond donors (Lipinski definition) is 2. The highest BCUT2D eigenvalue weighted by Gasteiger charge is 2.45. The molecule has 1 fully saturated rings. The summed E-state index contributed by atoms with van der Waals surface area (Å²) >= 11 is 1.75. The summed E-state index contributed by atoms with van der Waals surface area (Å²) in [5.41, 5.74) is 16.7. The van der Waals surface area contributed by atoms with Gasteiger partial charge in [0.15, 0.2) is 0 Å². The van der Waals surface area contributed by atoms with Gasteiger partial charge in [0.2, 0.25) is 0 Å². The number of nitrogen functional groups attached to an aromatic ring is 1. The Morgan fingerprint density at radius 1 is 1.19 bits per heavy atom. The molecule has 4 heteroatoms. The van der Waals surface area contributed by atoms with Gasteiger partial charge in [-0.3, -0.25) is 4.90 Å². The number of hydrogen-bond acceptors (Lipinski definition) is 4. The van der Waals surface area contributed by atoms with Crippen LogP contribution in [0.2, 0.25) is 0 Å². The van der Waals surface area contributed by atoms with E-state index in [2.05, 4.69) is 35.2 Å². The van der Waals surface area contributed by atoms with Gasteiger partial charge in [-0.15, -0.1) is 11.3 Å². The Kier molecular flexibility index (Phi) is 3.06. The van der Waals surface area contributed by atoms with Gasteiger partial charge in [-0.25, -0.2) is 0 Å². The Balaban J connectivity index is 1.56. The maximum atomic E-state index is 6.41. The lowest BCUT2D eigenvalue weighted by atomic mass is 9.96. The van der Waals surface area contributed by atoms with Gasteiger partial charge in [0, 0.05) is 35.6 Å². The SMILES string of the molecule is Nc1sc2c(c1C1(N)CC1)CCN(Cc1ccccc1)C2. The lowest BCUT2D eigenvalue weighted by molar-refractivity contribution is 0.248. The largest absolute Gasteiger partial charge is 0.390 e. The van der Waals surface area contributed by atoms with Gasteiger partial charge in [-0.2, -0.15) is 0 Å². The van der Waals surface area contributed by atoms with Crippen molar-refractivity contribution in [3.8, 4) is 0 Å². The number of benzene rings is 1. The highest BCUT2D eigenvalue weighted by Crippen LogP contribution is 2.51. The number of thiophene rings is 1. The lowest BCUT2D eigenvalue weighted by Crippen LogP contribution is -2.31. The van der Waals surface area contributed by atoms with Crippen molar-refractivity contribution in [2.24, 2.45) is 5.73 Å². The molecular formula is C17H21N3S. The van der Waals surface area contributed by atoms with Crippen LogP contribution in [0.5, 0.6) is 0 Å². The molecule has 1 aliphatic carbocycles. The van der Waals surface area contributed by atoms with E-state index in [1.54, 1.807) is 11.3 Å². The van der Waals surface area contributed by atoms with E-state index < -0.39 is 0 Å². The average Bonchev–Trinajstić information content (AvgIpc) is 3.11. The molecule has 2 heterocycles. The van der Waals surface area contributed by atoms with Crippen molar-refractivity contribution in [3.63, 3.8) is 0 Å². The molecule has 1 aliphatic heterocycles. The normalized spacial score (nSPS) is 20.2. The molecule has 1 saturated carbocycles. The van der Waals surface area contributed by atoms with Crippen LogP contribution in [0, 0.1) is 0 Å². The van der Waals surface area contributed by atoms with Gasteiger partial charge >= 0.3 is 0 Å². The zero-order valence-corrected chi connectivity index (χ0v) is 13.0. The summed E-state index contributed by atoms with van der Waals surface area (Å²) in [5.74, 6) is 0. The molecule has 4 N–H and O–H groups in total. The van der Waals surface area contributed by atoms with E-state index in [-0.39, 0.29) is 5.54 Å². The summed E-state index contributed by atoms with van der Waals surface area (Å²) in [4.78, 5) is 3.94. The minimum Gasteiger partial charge on any atom is -0.390 e. The van der Waals surface area contributed by atoms with Crippen LogP contribution in [0.1, 0.15) is 34.4 Å². The Morgan fingerprint density at radius 2 is 1.95 bits per heavy atom. The summed E-state index contributed by atoms with van der Waals surface area (Å²) in [6.45, 7) is 3.12. The molecule has 2 aromatic rings. The molecule has 21 heavy (non-hydrogen) atoms. The van der Waals surface area contributed by atoms with Gasteiger partial charge < -0.3 is 11.5 Å². The molecule has 0 saturated heterocycles. The summed E-state index contributed by atoms with van der Waals surface area (Å²) < 4.78 is 0. The number of nitrogens with zero attached hydrogens (tertiary/aromatic N) is 1. The van der Waals surface area contributed by atoms with Crippen molar-refractivity contribution < 1.29 is 0 Å². The standard InChI is InChI=1S/C17H21N3S/c18-16-15(17(19)7-8-17)13-6-9-20(11-14(13)21-16)10-12-4-2-1-3-5-12/h1-5H,6-11,18-19H2. The van der Waals surface area contributed by atoms with Gasteiger partial charge in [-0.05, 0) is 30.4 Å². The van der Waals surface area contributed by atoms with Gasteiger partial charge in [0.1, 0.15) is 0 Å². The first-order valence-electron chi connectivity index (χ1n) is 7.61. The monoisotopic (exact) mass is 299 g/mol. The highest BCUT2D eigenvalue weighted by molar-refractivity contribution is 7.16. The first-order valence-corrected chi connectivity index (χ1v) is 8.43. The van der Waals surface area contributed by atoms with E-state index in [0.717, 1.165) is 43.9 Å². The summed E-state index contributed by atoms with van der Waals surface area (Å²) in [6.07, 6.45) is 3.27. The Hall–Kier alpha value is -1.36. The lowest BCUT2D eigenvalue weighted by Gasteiger charge is -2.28. The Bertz CT molecular complexity index is 658. The van der Waals surface area contributed by atoms with Crippen LogP contribution in [0.25, 0.3) is 0 Å². The van der Waals surface area contributed by atoms with Gasteiger partial charge in [0.05, 0.1) is 5.00 Å². The number of nitrogens with two attached hydrogens (primary N) is 2. The third-order valence-corrected chi connectivity index (χ3v) is 5.74. The maximum Gasteiger partial charge on any atom is 0.0913 e. The quantitative estimate of drug-likeness (QED) is 0.916. The van der Waals surface area contributed by atoms with Crippen LogP contribution in [-0.4, -0.2) is 11.4 Å². The molecule has 0 unspecified atom stereocenters. The number of rotatable bonds is 3. The molecule has 4 rings (SSSR count). The van der Waals surface area contributed by atoms with Crippen LogP contribution < -0.4 is 11.5 Å². The molecule has 0 amide bonds. The molecular weight excluding hydrogens is 278 g/mol. The molecule has 1 aromatic heterocycles. The molecule has 0 radical (unpaired) electrons. The van der Waals surface area contributed by atoms with E-state index in [9.17, 15) is 0 Å². The first-order chi connectivity index (χ1) is 10.2. The van der Waals surface area contributed by atoms with Crippen molar-refractivity contribution in [2.75, 3.05) is 12.3 Å². The van der Waals surface area contributed by atoms with Crippen molar-refractivity contribution in [2.45, 2.75) is 37.9 Å². The topological polar surface area (TPSA) is 55.3 Å². The minimum absolute atomic E-state index is 0.101. The van der Waals surface area contributed by atoms with E-state index in [1.165, 1.54) is 21.6 Å². The second-order valence-electron chi connectivity index (χ2n) is 6.35. The predicted molar refractivity (Wildman–Crippen MR) is 88.1 cm³/mol. The molecule has 0 spiro atoms. The third kappa shape index (κ3) is 2.37. The number of fused-ring (bicyclic) bond motifs is 1. The molecule has 3 nitrogen and oxygen atoms in total. The fourth-order valence-corrected chi connectivity index (χ4v) is 4.65. The van der Waals surface area contributed by atoms with Crippen molar-refractivity contribution >= 4 is 16.3 Å². The van der Waals surface area contributed by atoms with Gasteiger partial charge in [-0.1, -0.05) is 30.3 Å². The van der Waals surface area contributed by atoms with E-state index in [4.69, 9.17) is 11.5 Å². The summed E-state index contributed by atoms with van der Waals surface area (Å²) in [5, 5.41) is 0.960. The number of anilines is 1. The Morgan fingerprint density at radius 3 is 2.67 bits per heavy atom. The van der Waals surface area contributed by atoms with Crippen molar-refractivity contribution in [1.29, 1.82) is 0 Å². The van der Waals surface area contributed by atoms with E-state index >= 15 is 0 Å². The van der Waals surface area contributed by atoms with Crippen molar-refractivity contribution in [3.05, 3.63) is 51.9 Å². The summed E-state index contributed by atoms with van der Waals surface area (Å²) in [7, 11) is 0. The molecule has 110 valence electrons. The molecule has 0 bridgehead atoms. The van der Waals surface area contributed by atoms with Gasteiger partial charge in [0.25, 0.3) is 0 Å². The Labute approximate surface area is 129 Å². The second kappa shape index (κ2) is 4.83. The van der Waals surface area contributed by atoms with E-state index in [0.29, 0.717) is 0 Å². The third-order valence-electron chi connectivity index (χ3n) is 4.70. The predicted octanol–water partition coefficient (Wildman–Crippen LogP) is 2.84. The fraction of sp³-hybridized carbons (Fsp3) is 0.412. The minimum atomic E-state index is -0.101. The van der Waals surface area contributed by atoms with Crippen LogP contribution in [0.15, 0.2) is 30.3 Å². The van der Waals surface area contributed by atoms with E-state index in [1.807, 2.05) is 0 Å². The van der Waals surface area contributed by atoms with Crippen LogP contribution in [0.3, 0.4) is 0 Å². The summed E-state index contributed by atoms with van der Waals surface area (Å²) in [6, 6.07) is 10.7. The molecule has 2 aliphatic rings. The molecule has 1 aromatic carbocycles. The zero-order valence-electron chi connectivity index (χ0n) is 12.1. The van der Waals surface area contributed by atoms with Crippen molar-refractivity contribution in [1.82, 2.24) is 4.90 Å². The maximum absolute atomic E-state index is 6.41. The van der Waals surface area contributed by atoms with Crippen LogP contribution in [0.4, 0.5) is 5.00 Å². The van der Waals surface area contributed by atoms with Crippen LogP contribution >= 0.6 is 11.3 Å². The zero-order chi connectivity index (χ0) is 14.4.